The lowest BCUT2D eigenvalue weighted by molar-refractivity contribution is 0.102. The summed E-state index contributed by atoms with van der Waals surface area (Å²) in [5, 5.41) is 10.4. The summed E-state index contributed by atoms with van der Waals surface area (Å²) in [5.41, 5.74) is 0.233. The number of piperidine rings is 1. The first-order valence-electron chi connectivity index (χ1n) is 7.42. The van der Waals surface area contributed by atoms with Gasteiger partial charge in [0.15, 0.2) is 5.82 Å². The van der Waals surface area contributed by atoms with E-state index in [9.17, 15) is 9.18 Å². The summed E-state index contributed by atoms with van der Waals surface area (Å²) in [6.07, 6.45) is 1.96. The van der Waals surface area contributed by atoms with E-state index in [4.69, 9.17) is 0 Å². The van der Waals surface area contributed by atoms with E-state index < -0.39 is 11.7 Å². The number of aromatic nitrogens is 3. The Hall–Kier alpha value is -1.51. The molecule has 9 heteroatoms. The number of carbonyl (C=O) groups excluding carboxylic acids is 1. The van der Waals surface area contributed by atoms with Gasteiger partial charge in [0, 0.05) is 18.5 Å². The van der Waals surface area contributed by atoms with E-state index in [0.717, 1.165) is 31.8 Å². The van der Waals surface area contributed by atoms with E-state index in [1.807, 2.05) is 0 Å². The van der Waals surface area contributed by atoms with E-state index in [1.54, 1.807) is 17.8 Å². The van der Waals surface area contributed by atoms with E-state index >= 15 is 0 Å². The largest absolute Gasteiger partial charge is 0.317 e. The zero-order valence-corrected chi connectivity index (χ0v) is 15.5. The van der Waals surface area contributed by atoms with Gasteiger partial charge in [-0.25, -0.2) is 9.07 Å². The molecule has 24 heavy (non-hydrogen) atoms. The highest BCUT2D eigenvalue weighted by atomic mass is 79.9. The molecule has 1 aromatic heterocycles. The van der Waals surface area contributed by atoms with Crippen molar-refractivity contribution in [3.63, 3.8) is 0 Å². The summed E-state index contributed by atoms with van der Waals surface area (Å²) in [6, 6.07) is 4.23. The van der Waals surface area contributed by atoms with Gasteiger partial charge in [0.25, 0.3) is 5.91 Å². The minimum absolute atomic E-state index is 0. The van der Waals surface area contributed by atoms with Crippen LogP contribution < -0.4 is 10.6 Å². The fourth-order valence-electron chi connectivity index (χ4n) is 2.58. The van der Waals surface area contributed by atoms with Crippen LogP contribution in [0.5, 0.6) is 0 Å². The Morgan fingerprint density at radius 1 is 1.42 bits per heavy atom. The molecule has 1 aromatic carbocycles. The van der Waals surface area contributed by atoms with Crippen LogP contribution in [0.4, 0.5) is 10.3 Å². The van der Waals surface area contributed by atoms with Crippen LogP contribution in [0.1, 0.15) is 34.9 Å². The molecule has 0 atom stereocenters. The minimum atomic E-state index is -0.481. The molecule has 0 spiro atoms. The predicted octanol–water partition coefficient (Wildman–Crippen LogP) is 2.86. The van der Waals surface area contributed by atoms with Crippen molar-refractivity contribution in [2.45, 2.75) is 18.8 Å². The van der Waals surface area contributed by atoms with Crippen LogP contribution in [-0.4, -0.2) is 33.8 Å². The predicted molar refractivity (Wildman–Crippen MR) is 95.1 cm³/mol. The molecule has 130 valence electrons. The molecular formula is C15H18BrClFN5O. The maximum absolute atomic E-state index is 13.5. The molecule has 1 aliphatic heterocycles. The summed E-state index contributed by atoms with van der Waals surface area (Å²) in [5.74, 6) is 0.520. The van der Waals surface area contributed by atoms with Crippen LogP contribution >= 0.6 is 28.3 Å². The Kier molecular flexibility index (Phi) is 6.31. The fourth-order valence-corrected chi connectivity index (χ4v) is 2.82. The summed E-state index contributed by atoms with van der Waals surface area (Å²) in [6.45, 7) is 1.89. The number of amides is 1. The van der Waals surface area contributed by atoms with Crippen molar-refractivity contribution in [3.8, 4) is 0 Å². The van der Waals surface area contributed by atoms with Crippen molar-refractivity contribution in [2.24, 2.45) is 7.05 Å². The fraction of sp³-hybridized carbons (Fsp3) is 0.400. The molecule has 0 aliphatic carbocycles. The molecule has 0 saturated carbocycles. The Balaban J connectivity index is 0.00000208. The normalized spacial score (nSPS) is 15.0. The third-order valence-electron chi connectivity index (χ3n) is 3.89. The van der Waals surface area contributed by atoms with Gasteiger partial charge in [-0.2, -0.15) is 10.1 Å². The zero-order valence-electron chi connectivity index (χ0n) is 13.1. The van der Waals surface area contributed by atoms with Crippen molar-refractivity contribution in [1.29, 1.82) is 0 Å². The molecule has 1 amide bonds. The monoisotopic (exact) mass is 417 g/mol. The van der Waals surface area contributed by atoms with E-state index in [1.165, 1.54) is 12.1 Å². The Bertz CT molecular complexity index is 733. The Labute approximate surface area is 153 Å². The molecule has 1 fully saturated rings. The molecular weight excluding hydrogens is 401 g/mol. The van der Waals surface area contributed by atoms with Crippen LogP contribution in [-0.2, 0) is 7.05 Å². The number of nitrogens with zero attached hydrogens (tertiary/aromatic N) is 3. The van der Waals surface area contributed by atoms with Crippen molar-refractivity contribution in [2.75, 3.05) is 18.4 Å². The number of rotatable bonds is 3. The summed E-state index contributed by atoms with van der Waals surface area (Å²) in [4.78, 5) is 16.7. The molecule has 0 bridgehead atoms. The number of carbonyl (C=O) groups is 1. The number of anilines is 1. The van der Waals surface area contributed by atoms with Crippen molar-refractivity contribution in [1.82, 2.24) is 20.1 Å². The average Bonchev–Trinajstić information content (AvgIpc) is 2.92. The molecule has 0 unspecified atom stereocenters. The van der Waals surface area contributed by atoms with Gasteiger partial charge in [0.05, 0.1) is 4.47 Å². The van der Waals surface area contributed by atoms with Gasteiger partial charge in [-0.3, -0.25) is 10.1 Å². The Morgan fingerprint density at radius 2 is 2.12 bits per heavy atom. The molecule has 2 N–H and O–H groups in total. The molecule has 1 saturated heterocycles. The molecule has 2 aromatic rings. The maximum Gasteiger partial charge on any atom is 0.258 e. The molecule has 3 rings (SSSR count). The third kappa shape index (κ3) is 4.12. The van der Waals surface area contributed by atoms with E-state index in [0.29, 0.717) is 16.3 Å². The van der Waals surface area contributed by atoms with Crippen LogP contribution in [0.25, 0.3) is 0 Å². The Morgan fingerprint density at radius 3 is 2.79 bits per heavy atom. The first kappa shape index (κ1) is 18.8. The second-order valence-corrected chi connectivity index (χ2v) is 6.38. The van der Waals surface area contributed by atoms with Crippen molar-refractivity contribution in [3.05, 3.63) is 39.9 Å². The number of nitrogens with one attached hydrogen (secondary N) is 2. The summed E-state index contributed by atoms with van der Waals surface area (Å²) >= 11 is 3.07. The average molecular weight is 419 g/mol. The van der Waals surface area contributed by atoms with Crippen LogP contribution in [0, 0.1) is 5.82 Å². The first-order chi connectivity index (χ1) is 11.0. The van der Waals surface area contributed by atoms with Crippen LogP contribution in [0.3, 0.4) is 0 Å². The topological polar surface area (TPSA) is 71.8 Å². The van der Waals surface area contributed by atoms with E-state index in [-0.39, 0.29) is 18.0 Å². The highest BCUT2D eigenvalue weighted by molar-refractivity contribution is 9.10. The van der Waals surface area contributed by atoms with Crippen LogP contribution in [0.2, 0.25) is 0 Å². The molecule has 6 nitrogen and oxygen atoms in total. The number of hydrogen-bond acceptors (Lipinski definition) is 4. The molecule has 1 aliphatic rings. The van der Waals surface area contributed by atoms with Gasteiger partial charge in [-0.1, -0.05) is 0 Å². The van der Waals surface area contributed by atoms with Crippen LogP contribution in [0.15, 0.2) is 22.7 Å². The van der Waals surface area contributed by atoms with E-state index in [2.05, 4.69) is 36.6 Å². The van der Waals surface area contributed by atoms with Crippen molar-refractivity contribution < 1.29 is 9.18 Å². The number of hydrogen-bond donors (Lipinski definition) is 2. The highest BCUT2D eigenvalue weighted by Gasteiger charge is 2.21. The molecule has 2 heterocycles. The number of halogens is 3. The second-order valence-electron chi connectivity index (χ2n) is 5.52. The molecule has 0 radical (unpaired) electrons. The summed E-state index contributed by atoms with van der Waals surface area (Å²) < 4.78 is 15.4. The van der Waals surface area contributed by atoms with Crippen molar-refractivity contribution >= 4 is 40.2 Å². The van der Waals surface area contributed by atoms with Gasteiger partial charge >= 0.3 is 0 Å². The SMILES string of the molecule is Cl.Cn1nc(C2CCNCC2)nc1NC(=O)c1ccc(Br)c(F)c1. The van der Waals surface area contributed by atoms with Gasteiger partial charge < -0.3 is 5.32 Å². The van der Waals surface area contributed by atoms with Gasteiger partial charge in [0.1, 0.15) is 5.82 Å². The van der Waals surface area contributed by atoms with Gasteiger partial charge in [-0.15, -0.1) is 12.4 Å². The number of aryl methyl sites for hydroxylation is 1. The smallest absolute Gasteiger partial charge is 0.258 e. The van der Waals surface area contributed by atoms with Gasteiger partial charge in [0.2, 0.25) is 5.95 Å². The third-order valence-corrected chi connectivity index (χ3v) is 4.53. The minimum Gasteiger partial charge on any atom is -0.317 e. The lowest BCUT2D eigenvalue weighted by atomic mass is 9.98. The zero-order chi connectivity index (χ0) is 16.4. The highest BCUT2D eigenvalue weighted by Crippen LogP contribution is 2.23. The lowest BCUT2D eigenvalue weighted by Crippen LogP contribution is -2.27. The second kappa shape index (κ2) is 8.04. The maximum atomic E-state index is 13.5. The first-order valence-corrected chi connectivity index (χ1v) is 8.22. The standard InChI is InChI=1S/C15H17BrFN5O.ClH/c1-22-15(19-13(21-22)9-4-6-18-7-5-9)20-14(23)10-2-3-11(16)12(17)8-10;/h2-3,8-9,18H,4-7H2,1H3,(H,19,20,21,23);1H. The lowest BCUT2D eigenvalue weighted by Gasteiger charge is -2.19. The summed E-state index contributed by atoms with van der Waals surface area (Å²) in [7, 11) is 1.73. The quantitative estimate of drug-likeness (QED) is 0.804. The number of benzene rings is 1. The van der Waals surface area contributed by atoms with Gasteiger partial charge in [-0.05, 0) is 60.1 Å².